The third-order valence-corrected chi connectivity index (χ3v) is 7.09. The van der Waals surface area contributed by atoms with E-state index >= 15 is 0 Å². The zero-order valence-corrected chi connectivity index (χ0v) is 29.2. The maximum Gasteiger partial charge on any atom is 0.186 e. The van der Waals surface area contributed by atoms with E-state index in [1.54, 1.807) is 23.3 Å². The molecule has 1 fully saturated rings. The minimum atomic E-state index is -1.48. The molecule has 5 heterocycles. The van der Waals surface area contributed by atoms with Gasteiger partial charge in [-0.1, -0.05) is 53.7 Å². The number of aromatic nitrogens is 9. The molecule has 0 aliphatic carbocycles. The van der Waals surface area contributed by atoms with Crippen molar-refractivity contribution in [3.05, 3.63) is 79.3 Å². The van der Waals surface area contributed by atoms with Gasteiger partial charge in [0.1, 0.15) is 30.1 Å². The summed E-state index contributed by atoms with van der Waals surface area (Å²) in [7, 11) is 0. The summed E-state index contributed by atoms with van der Waals surface area (Å²) in [5, 5.41) is 63.7. The number of benzene rings is 2. The summed E-state index contributed by atoms with van der Waals surface area (Å²) in [5.41, 5.74) is 4.22. The Morgan fingerprint density at radius 2 is 1.37 bits per heavy atom. The van der Waals surface area contributed by atoms with E-state index in [1.165, 1.54) is 0 Å². The first kappa shape index (κ1) is 42.1. The molecule has 1 radical (unpaired) electrons. The number of fused-ring (bicyclic) bond motifs is 3. The fourth-order valence-corrected chi connectivity index (χ4v) is 4.74. The number of pyridine rings is 2. The van der Waals surface area contributed by atoms with Crippen molar-refractivity contribution in [1.29, 1.82) is 0 Å². The zero-order valence-electron chi connectivity index (χ0n) is 26.5. The SMILES string of the molecule is OCC1O[C@H](OCCn2cc(-c3ccc(-c4nn[n-]n4)cc3)nn2)[C@@H](O)C(O)[C@@H]1O.[CH-]=O.[CH-]=O.[CH-]=O.[Re].c1cnc2c(c1)ccc1cccnc12. The number of rotatable bonds is 7. The Hall–Kier alpha value is -5.10. The first-order valence-corrected chi connectivity index (χ1v) is 14.4. The minimum absolute atomic E-state index is 0. The molecule has 5 atom stereocenters. The Morgan fingerprint density at radius 1 is 0.784 bits per heavy atom. The first-order valence-electron chi connectivity index (χ1n) is 14.4. The Labute approximate surface area is 304 Å². The number of tetrazole rings is 1. The van der Waals surface area contributed by atoms with Crippen molar-refractivity contribution in [2.75, 3.05) is 13.2 Å². The van der Waals surface area contributed by atoms with E-state index < -0.39 is 37.3 Å². The van der Waals surface area contributed by atoms with E-state index in [0.717, 1.165) is 32.9 Å². The van der Waals surface area contributed by atoms with Gasteiger partial charge in [-0.3, -0.25) is 40.8 Å². The van der Waals surface area contributed by atoms with Crippen molar-refractivity contribution in [3.8, 4) is 22.6 Å². The number of ether oxygens (including phenoxy) is 2. The van der Waals surface area contributed by atoms with Crippen LogP contribution in [0.3, 0.4) is 0 Å². The molecule has 7 rings (SSSR count). The molecule has 0 saturated carbocycles. The molecule has 4 aromatic heterocycles. The van der Waals surface area contributed by atoms with Gasteiger partial charge >= 0.3 is 0 Å². The molecule has 1 saturated heterocycles. The predicted molar refractivity (Wildman–Crippen MR) is 175 cm³/mol. The smallest absolute Gasteiger partial charge is 0.186 e. The summed E-state index contributed by atoms with van der Waals surface area (Å²) in [4.78, 5) is 31.9. The fourth-order valence-electron chi connectivity index (χ4n) is 4.74. The summed E-state index contributed by atoms with van der Waals surface area (Å²) in [6, 6.07) is 19.5. The van der Waals surface area contributed by atoms with E-state index in [-0.39, 0.29) is 27.0 Å². The summed E-state index contributed by atoms with van der Waals surface area (Å²) in [6.07, 6.45) is -1.21. The summed E-state index contributed by atoms with van der Waals surface area (Å²) in [5.74, 6) is 0.440. The van der Waals surface area contributed by atoms with Gasteiger partial charge in [-0.2, -0.15) is 0 Å². The monoisotopic (exact) mass is 872 g/mol. The van der Waals surface area contributed by atoms with E-state index in [9.17, 15) is 20.4 Å². The molecular weight excluding hydrogens is 841 g/mol. The van der Waals surface area contributed by atoms with Gasteiger partial charge in [-0.05, 0) is 17.7 Å². The molecule has 0 bridgehead atoms. The van der Waals surface area contributed by atoms with Gasteiger partial charge in [-0.15, -0.1) is 5.10 Å². The third kappa shape index (κ3) is 10.7. The summed E-state index contributed by atoms with van der Waals surface area (Å²) < 4.78 is 12.3. The molecule has 1 aliphatic heterocycles. The molecule has 18 nitrogen and oxygen atoms in total. The van der Waals surface area contributed by atoms with Crippen molar-refractivity contribution in [3.63, 3.8) is 0 Å². The van der Waals surface area contributed by atoms with Gasteiger partial charge in [0.15, 0.2) is 6.29 Å². The van der Waals surface area contributed by atoms with Crippen molar-refractivity contribution in [2.45, 2.75) is 37.3 Å². The standard InChI is InChI=1S/C17H20N7O6.C12H8N2.3CHO.Re/c25-8-12-13(26)14(27)15(28)17(30-12)29-6-5-24-7-11(18-23-24)9-1-3-10(4-2-9)16-19-21-22-20-16;1-3-9-5-6-10-4-2-8-14-12(10)11(9)13-7-1;3*1-2;/h1-4,7,12-15,17,25-28H,5-6,8H2;1-8H;3*1H;/q-1;;3*-1;/t12?,13-,14?,15+,17+;;;;;/m1...../s1. The van der Waals surface area contributed by atoms with Crippen LogP contribution in [0.4, 0.5) is 0 Å². The number of aliphatic hydroxyl groups excluding tert-OH is 4. The van der Waals surface area contributed by atoms with Gasteiger partial charge in [-0.25, -0.2) is 9.78 Å². The molecule has 4 N–H and O–H groups in total. The maximum absolute atomic E-state index is 9.97. The molecule has 2 aromatic carbocycles. The van der Waals surface area contributed by atoms with Crippen LogP contribution in [-0.2, 0) is 50.8 Å². The van der Waals surface area contributed by atoms with E-state index in [4.69, 9.17) is 23.9 Å². The van der Waals surface area contributed by atoms with Crippen molar-refractivity contribution in [1.82, 2.24) is 45.6 Å². The molecule has 2 unspecified atom stereocenters. The van der Waals surface area contributed by atoms with E-state index in [1.807, 2.05) is 36.4 Å². The van der Waals surface area contributed by atoms with Crippen LogP contribution in [-0.4, -0.2) is 125 Å². The van der Waals surface area contributed by atoms with Crippen LogP contribution in [0.15, 0.2) is 79.3 Å². The van der Waals surface area contributed by atoms with Gasteiger partial charge in [0.2, 0.25) is 0 Å². The summed E-state index contributed by atoms with van der Waals surface area (Å²) in [6.45, 7) is 9.64. The first-order chi connectivity index (χ1) is 24.5. The predicted octanol–water partition coefficient (Wildman–Crippen LogP) is -0.471. The zero-order chi connectivity index (χ0) is 36.5. The molecule has 1 aliphatic rings. The molecule has 19 heteroatoms. The summed E-state index contributed by atoms with van der Waals surface area (Å²) >= 11 is 0. The topological polar surface area (TPSA) is 260 Å². The third-order valence-electron chi connectivity index (χ3n) is 7.09. The van der Waals surface area contributed by atoms with Crippen LogP contribution in [0.5, 0.6) is 0 Å². The maximum atomic E-state index is 9.97. The van der Waals surface area contributed by atoms with Gasteiger partial charge in [0.05, 0.1) is 42.8 Å². The quantitative estimate of drug-likeness (QED) is 0.0898. The molecular formula is C32H31N9O9Re-4. The second-order valence-corrected chi connectivity index (χ2v) is 9.93. The fraction of sp³-hybridized carbons (Fsp3) is 0.250. The van der Waals surface area contributed by atoms with Crippen LogP contribution >= 0.6 is 0 Å². The average molecular weight is 872 g/mol. The number of hydrogen-bond donors (Lipinski definition) is 4. The van der Waals surface area contributed by atoms with Crippen molar-refractivity contribution >= 4 is 42.2 Å². The van der Waals surface area contributed by atoms with Crippen LogP contribution in [0.25, 0.3) is 44.5 Å². The van der Waals surface area contributed by atoms with Gasteiger partial charge in [0.25, 0.3) is 0 Å². The van der Waals surface area contributed by atoms with Gasteiger partial charge < -0.3 is 49.4 Å². The van der Waals surface area contributed by atoms with Gasteiger partial charge in [0, 0.05) is 49.2 Å². The Kier molecular flexibility index (Phi) is 18.0. The Morgan fingerprint density at radius 3 is 1.92 bits per heavy atom. The van der Waals surface area contributed by atoms with Crippen LogP contribution in [0.1, 0.15) is 0 Å². The van der Waals surface area contributed by atoms with Crippen molar-refractivity contribution in [2.24, 2.45) is 0 Å². The Bertz CT molecular complexity index is 1810. The Balaban J connectivity index is 0.000000358. The van der Waals surface area contributed by atoms with E-state index in [2.05, 4.69) is 85.5 Å². The van der Waals surface area contributed by atoms with Crippen molar-refractivity contribution < 1.29 is 64.7 Å². The molecule has 0 spiro atoms. The normalized spacial score (nSPS) is 18.9. The second-order valence-electron chi connectivity index (χ2n) is 9.93. The number of aliphatic hydroxyl groups is 4. The molecule has 0 amide bonds. The van der Waals surface area contributed by atoms with Crippen LogP contribution < -0.4 is 5.21 Å². The minimum Gasteiger partial charge on any atom is -0.545 e. The number of hydrogen-bond acceptors (Lipinski definition) is 16. The average Bonchev–Trinajstić information content (AvgIpc) is 3.91. The largest absolute Gasteiger partial charge is 0.545 e. The second kappa shape index (κ2) is 21.9. The van der Waals surface area contributed by atoms with Crippen LogP contribution in [0, 0.1) is 0 Å². The molecule has 6 aromatic rings. The molecule has 51 heavy (non-hydrogen) atoms. The van der Waals surface area contributed by atoms with E-state index in [0.29, 0.717) is 18.1 Å². The number of nitrogens with zero attached hydrogens (tertiary/aromatic N) is 9. The van der Waals surface area contributed by atoms with Crippen LogP contribution in [0.2, 0.25) is 0 Å². The molecule has 269 valence electrons. The number of carbonyl (C=O) groups excluding carboxylic acids is 3.